The molecule has 21 heavy (non-hydrogen) atoms. The van der Waals surface area contributed by atoms with E-state index in [1.54, 1.807) is 23.1 Å². The fraction of sp³-hybridized carbons (Fsp3) is 0.533. The highest BCUT2D eigenvalue weighted by Crippen LogP contribution is 2.31. The standard InChI is InChI=1S/C15H22N2O4/c1-15(2)9-17(8-10(7-16)21-15)14(19)11-5-4-6-12(20-3)13(11)18/h4-6,10,18H,7-9,16H2,1-3H3. The number of nitrogens with two attached hydrogens (primary N) is 1. The Kier molecular flexibility index (Phi) is 4.39. The van der Waals surface area contributed by atoms with Gasteiger partial charge < -0.3 is 25.2 Å². The van der Waals surface area contributed by atoms with Crippen LogP contribution in [0.2, 0.25) is 0 Å². The molecule has 116 valence electrons. The zero-order valence-electron chi connectivity index (χ0n) is 12.6. The smallest absolute Gasteiger partial charge is 0.257 e. The molecule has 2 rings (SSSR count). The third kappa shape index (κ3) is 3.28. The first-order chi connectivity index (χ1) is 9.88. The predicted molar refractivity (Wildman–Crippen MR) is 78.6 cm³/mol. The Balaban J connectivity index is 2.27. The molecule has 1 saturated heterocycles. The molecule has 0 aliphatic carbocycles. The summed E-state index contributed by atoms with van der Waals surface area (Å²) in [5.41, 5.74) is 5.43. The van der Waals surface area contributed by atoms with E-state index >= 15 is 0 Å². The van der Waals surface area contributed by atoms with E-state index in [1.807, 2.05) is 13.8 Å². The van der Waals surface area contributed by atoms with Gasteiger partial charge in [-0.15, -0.1) is 0 Å². The predicted octanol–water partition coefficient (Wildman–Crippen LogP) is 0.979. The molecule has 1 aliphatic rings. The van der Waals surface area contributed by atoms with E-state index < -0.39 is 5.60 Å². The van der Waals surface area contributed by atoms with Crippen LogP contribution in [0.15, 0.2) is 18.2 Å². The second-order valence-corrected chi connectivity index (χ2v) is 5.78. The van der Waals surface area contributed by atoms with Gasteiger partial charge in [-0.25, -0.2) is 0 Å². The number of hydrogen-bond acceptors (Lipinski definition) is 5. The minimum Gasteiger partial charge on any atom is -0.504 e. The number of benzene rings is 1. The number of carbonyl (C=O) groups is 1. The summed E-state index contributed by atoms with van der Waals surface area (Å²) in [7, 11) is 1.45. The van der Waals surface area contributed by atoms with Crippen LogP contribution < -0.4 is 10.5 Å². The van der Waals surface area contributed by atoms with Gasteiger partial charge in [0, 0.05) is 19.6 Å². The Morgan fingerprint density at radius 2 is 2.29 bits per heavy atom. The molecule has 6 nitrogen and oxygen atoms in total. The van der Waals surface area contributed by atoms with Crippen molar-refractivity contribution in [3.8, 4) is 11.5 Å². The first kappa shape index (κ1) is 15.6. The van der Waals surface area contributed by atoms with Crippen LogP contribution in [-0.4, -0.2) is 54.4 Å². The summed E-state index contributed by atoms with van der Waals surface area (Å²) in [6, 6.07) is 4.87. The lowest BCUT2D eigenvalue weighted by Crippen LogP contribution is -2.56. The van der Waals surface area contributed by atoms with Gasteiger partial charge in [-0.3, -0.25) is 4.79 Å². The van der Waals surface area contributed by atoms with Crippen molar-refractivity contribution < 1.29 is 19.4 Å². The molecule has 1 atom stereocenters. The van der Waals surface area contributed by atoms with E-state index in [0.29, 0.717) is 19.6 Å². The Bertz CT molecular complexity index is 530. The van der Waals surface area contributed by atoms with Crippen molar-refractivity contribution in [3.05, 3.63) is 23.8 Å². The fourth-order valence-corrected chi connectivity index (χ4v) is 2.60. The minimum atomic E-state index is -0.466. The third-order valence-corrected chi connectivity index (χ3v) is 3.48. The van der Waals surface area contributed by atoms with Crippen molar-refractivity contribution in [2.45, 2.75) is 25.6 Å². The molecule has 1 unspecified atom stereocenters. The summed E-state index contributed by atoms with van der Waals surface area (Å²) >= 11 is 0. The number of carbonyl (C=O) groups excluding carboxylic acids is 1. The number of para-hydroxylation sites is 1. The zero-order chi connectivity index (χ0) is 15.6. The highest BCUT2D eigenvalue weighted by Gasteiger charge is 2.36. The first-order valence-corrected chi connectivity index (χ1v) is 6.91. The van der Waals surface area contributed by atoms with E-state index in [2.05, 4.69) is 0 Å². The number of methoxy groups -OCH3 is 1. The maximum atomic E-state index is 12.7. The van der Waals surface area contributed by atoms with Gasteiger partial charge in [-0.2, -0.15) is 0 Å². The largest absolute Gasteiger partial charge is 0.504 e. The maximum Gasteiger partial charge on any atom is 0.257 e. The monoisotopic (exact) mass is 294 g/mol. The molecule has 1 amide bonds. The number of ether oxygens (including phenoxy) is 2. The fourth-order valence-electron chi connectivity index (χ4n) is 2.60. The number of nitrogens with zero attached hydrogens (tertiary/aromatic N) is 1. The summed E-state index contributed by atoms with van der Waals surface area (Å²) in [4.78, 5) is 14.3. The summed E-state index contributed by atoms with van der Waals surface area (Å²) in [5.74, 6) is -0.108. The van der Waals surface area contributed by atoms with Crippen LogP contribution in [0.3, 0.4) is 0 Å². The van der Waals surface area contributed by atoms with E-state index in [0.717, 1.165) is 0 Å². The second kappa shape index (κ2) is 5.91. The van der Waals surface area contributed by atoms with Crippen LogP contribution in [0.5, 0.6) is 11.5 Å². The van der Waals surface area contributed by atoms with Gasteiger partial charge in [0.05, 0.1) is 24.4 Å². The molecule has 0 spiro atoms. The third-order valence-electron chi connectivity index (χ3n) is 3.48. The summed E-state index contributed by atoms with van der Waals surface area (Å²) in [6.45, 7) is 5.03. The van der Waals surface area contributed by atoms with E-state index in [-0.39, 0.29) is 29.1 Å². The van der Waals surface area contributed by atoms with Crippen molar-refractivity contribution in [3.63, 3.8) is 0 Å². The lowest BCUT2D eigenvalue weighted by molar-refractivity contribution is -0.122. The number of phenolic OH excluding ortho intramolecular Hbond substituents is 1. The van der Waals surface area contributed by atoms with E-state index in [1.165, 1.54) is 7.11 Å². The Hall–Kier alpha value is -1.79. The van der Waals surface area contributed by atoms with Gasteiger partial charge in [-0.1, -0.05) is 6.07 Å². The average molecular weight is 294 g/mol. The van der Waals surface area contributed by atoms with Crippen molar-refractivity contribution in [1.82, 2.24) is 4.90 Å². The van der Waals surface area contributed by atoms with Crippen LogP contribution in [0.1, 0.15) is 24.2 Å². The summed E-state index contributed by atoms with van der Waals surface area (Å²) in [5, 5.41) is 10.1. The molecule has 0 saturated carbocycles. The molecule has 1 aromatic carbocycles. The molecule has 1 aliphatic heterocycles. The molecule has 1 aromatic rings. The first-order valence-electron chi connectivity index (χ1n) is 6.91. The number of morpholine rings is 1. The molecule has 0 radical (unpaired) electrons. The van der Waals surface area contributed by atoms with Gasteiger partial charge in [0.2, 0.25) is 0 Å². The van der Waals surface area contributed by atoms with E-state index in [4.69, 9.17) is 15.2 Å². The van der Waals surface area contributed by atoms with Crippen molar-refractivity contribution >= 4 is 5.91 Å². The topological polar surface area (TPSA) is 85.0 Å². The Morgan fingerprint density at radius 3 is 2.90 bits per heavy atom. The minimum absolute atomic E-state index is 0.140. The molecule has 0 bridgehead atoms. The highest BCUT2D eigenvalue weighted by molar-refractivity contribution is 5.97. The number of phenols is 1. The SMILES string of the molecule is COc1cccc(C(=O)N2CC(CN)OC(C)(C)C2)c1O. The average Bonchev–Trinajstić information content (AvgIpc) is 2.45. The summed E-state index contributed by atoms with van der Waals surface area (Å²) in [6.07, 6.45) is -0.203. The van der Waals surface area contributed by atoms with Crippen molar-refractivity contribution in [2.75, 3.05) is 26.7 Å². The van der Waals surface area contributed by atoms with Gasteiger partial charge in [0.15, 0.2) is 11.5 Å². The molecular weight excluding hydrogens is 272 g/mol. The molecular formula is C15H22N2O4. The van der Waals surface area contributed by atoms with Crippen molar-refractivity contribution in [2.24, 2.45) is 5.73 Å². The molecule has 0 aromatic heterocycles. The molecule has 1 fully saturated rings. The van der Waals surface area contributed by atoms with E-state index in [9.17, 15) is 9.90 Å². The quantitative estimate of drug-likeness (QED) is 0.868. The van der Waals surface area contributed by atoms with Crippen molar-refractivity contribution in [1.29, 1.82) is 0 Å². The van der Waals surface area contributed by atoms with Crippen LogP contribution in [0.4, 0.5) is 0 Å². The Labute approximate surface area is 124 Å². The van der Waals surface area contributed by atoms with Crippen LogP contribution in [-0.2, 0) is 4.74 Å². The van der Waals surface area contributed by atoms with Gasteiger partial charge in [0.1, 0.15) is 0 Å². The van der Waals surface area contributed by atoms with Crippen LogP contribution >= 0.6 is 0 Å². The van der Waals surface area contributed by atoms with Gasteiger partial charge >= 0.3 is 0 Å². The summed E-state index contributed by atoms with van der Waals surface area (Å²) < 4.78 is 10.8. The Morgan fingerprint density at radius 1 is 1.57 bits per heavy atom. The van der Waals surface area contributed by atoms with Gasteiger partial charge in [-0.05, 0) is 26.0 Å². The molecule has 1 heterocycles. The van der Waals surface area contributed by atoms with Gasteiger partial charge in [0.25, 0.3) is 5.91 Å². The second-order valence-electron chi connectivity index (χ2n) is 5.78. The maximum absolute atomic E-state index is 12.7. The van der Waals surface area contributed by atoms with Crippen LogP contribution in [0.25, 0.3) is 0 Å². The molecule has 6 heteroatoms. The molecule has 3 N–H and O–H groups in total. The number of amides is 1. The lowest BCUT2D eigenvalue weighted by Gasteiger charge is -2.42. The zero-order valence-corrected chi connectivity index (χ0v) is 12.6. The number of hydrogen-bond donors (Lipinski definition) is 2. The normalized spacial score (nSPS) is 21.1. The lowest BCUT2D eigenvalue weighted by atomic mass is 10.0. The number of aromatic hydroxyl groups is 1. The number of rotatable bonds is 3. The van der Waals surface area contributed by atoms with Crippen LogP contribution in [0, 0.1) is 0 Å². The highest BCUT2D eigenvalue weighted by atomic mass is 16.5.